The average molecular weight is 514 g/mol. The van der Waals surface area contributed by atoms with E-state index in [1.165, 1.54) is 0 Å². The van der Waals surface area contributed by atoms with Crippen LogP contribution in [0.5, 0.6) is 11.5 Å². The van der Waals surface area contributed by atoms with Gasteiger partial charge in [-0.3, -0.25) is 20.4 Å². The van der Waals surface area contributed by atoms with Gasteiger partial charge in [0.2, 0.25) is 11.8 Å². The average Bonchev–Trinajstić information content (AvgIpc) is 3.25. The van der Waals surface area contributed by atoms with Crippen molar-refractivity contribution in [1.82, 2.24) is 5.43 Å². The number of hydrogen-bond donors (Lipinski definition) is 2. The van der Waals surface area contributed by atoms with Crippen LogP contribution < -0.4 is 25.2 Å². The van der Waals surface area contributed by atoms with Gasteiger partial charge in [-0.2, -0.15) is 0 Å². The van der Waals surface area contributed by atoms with E-state index >= 15 is 0 Å². The Morgan fingerprint density at radius 3 is 2.37 bits per heavy atom. The number of carbonyl (C=O) groups is 2. The first-order valence-corrected chi connectivity index (χ1v) is 11.9. The van der Waals surface area contributed by atoms with Gasteiger partial charge < -0.3 is 14.4 Å². The molecule has 0 spiro atoms. The van der Waals surface area contributed by atoms with Crippen LogP contribution in [-0.4, -0.2) is 25.0 Å². The largest absolute Gasteiger partial charge is 0.494 e. The third-order valence-electron chi connectivity index (χ3n) is 5.55. The summed E-state index contributed by atoms with van der Waals surface area (Å²) in [5.74, 6) is 0.612. The molecule has 2 amide bonds. The van der Waals surface area contributed by atoms with E-state index in [-0.39, 0.29) is 18.2 Å². The Labute approximate surface area is 213 Å². The zero-order valence-corrected chi connectivity index (χ0v) is 20.6. The minimum Gasteiger partial charge on any atom is -0.494 e. The smallest absolute Gasteiger partial charge is 0.243 e. The molecule has 4 rings (SSSR count). The number of carbonyl (C=O) groups excluding carboxylic acids is 2. The number of halogens is 2. The minimum absolute atomic E-state index is 0.0865. The molecule has 7 nitrogen and oxygen atoms in total. The number of hydrazine groups is 1. The Bertz CT molecular complexity index is 1190. The Hall–Kier alpha value is -3.42. The van der Waals surface area contributed by atoms with Gasteiger partial charge in [0.05, 0.1) is 18.2 Å². The zero-order valence-electron chi connectivity index (χ0n) is 19.1. The van der Waals surface area contributed by atoms with Gasteiger partial charge in [0, 0.05) is 34.3 Å². The van der Waals surface area contributed by atoms with Gasteiger partial charge in [0.15, 0.2) is 0 Å². The lowest BCUT2D eigenvalue weighted by molar-refractivity contribution is -0.125. The molecule has 182 valence electrons. The predicted octanol–water partition coefficient (Wildman–Crippen LogP) is 5.47. The lowest BCUT2D eigenvalue weighted by Crippen LogP contribution is -2.36. The topological polar surface area (TPSA) is 79.9 Å². The van der Waals surface area contributed by atoms with Crippen molar-refractivity contribution in [3.05, 3.63) is 82.3 Å². The second-order valence-corrected chi connectivity index (χ2v) is 8.84. The van der Waals surface area contributed by atoms with Crippen LogP contribution in [0.15, 0.2) is 66.7 Å². The fraction of sp³-hybridized carbons (Fsp3) is 0.231. The van der Waals surface area contributed by atoms with E-state index in [1.807, 2.05) is 37.3 Å². The maximum absolute atomic E-state index is 12.6. The van der Waals surface area contributed by atoms with E-state index in [9.17, 15) is 9.59 Å². The second kappa shape index (κ2) is 11.3. The third kappa shape index (κ3) is 6.38. The highest BCUT2D eigenvalue weighted by molar-refractivity contribution is 6.35. The van der Waals surface area contributed by atoms with Crippen LogP contribution in [0.25, 0.3) is 0 Å². The van der Waals surface area contributed by atoms with Crippen molar-refractivity contribution in [2.75, 3.05) is 23.5 Å². The first-order chi connectivity index (χ1) is 16.9. The van der Waals surface area contributed by atoms with Crippen LogP contribution in [-0.2, 0) is 16.2 Å². The molecule has 35 heavy (non-hydrogen) atoms. The maximum atomic E-state index is 12.6. The molecule has 1 aliphatic heterocycles. The summed E-state index contributed by atoms with van der Waals surface area (Å²) in [5.41, 5.74) is 7.84. The number of hydrogen-bond acceptors (Lipinski definition) is 5. The quantitative estimate of drug-likeness (QED) is 0.371. The lowest BCUT2D eigenvalue weighted by atomic mass is 10.1. The van der Waals surface area contributed by atoms with Crippen molar-refractivity contribution in [3.8, 4) is 11.5 Å². The monoisotopic (exact) mass is 513 g/mol. The lowest BCUT2D eigenvalue weighted by Gasteiger charge is -2.17. The minimum atomic E-state index is -0.451. The van der Waals surface area contributed by atoms with Gasteiger partial charge in [-0.05, 0) is 67.6 Å². The number of anilines is 2. The molecule has 0 aliphatic carbocycles. The van der Waals surface area contributed by atoms with Crippen LogP contribution in [0, 0.1) is 5.92 Å². The molecule has 1 atom stereocenters. The molecule has 1 aliphatic rings. The maximum Gasteiger partial charge on any atom is 0.243 e. The van der Waals surface area contributed by atoms with Crippen LogP contribution in [0.1, 0.15) is 18.9 Å². The molecule has 1 fully saturated rings. The summed E-state index contributed by atoms with van der Waals surface area (Å²) in [7, 11) is 0. The molecule has 1 saturated heterocycles. The molecule has 1 heterocycles. The Morgan fingerprint density at radius 1 is 1.00 bits per heavy atom. The van der Waals surface area contributed by atoms with Gasteiger partial charge in [0.1, 0.15) is 18.1 Å². The molecule has 0 bridgehead atoms. The number of rotatable bonds is 9. The SMILES string of the molecule is CCOc1ccc(N2C[C@@H](C(=O)NNc3ccc(OCc4ccc(Cl)cc4Cl)cc3)CC2=O)cc1. The third-order valence-corrected chi connectivity index (χ3v) is 6.14. The Kier molecular flexibility index (Phi) is 8.00. The summed E-state index contributed by atoms with van der Waals surface area (Å²) in [6.07, 6.45) is 0.154. The van der Waals surface area contributed by atoms with Crippen molar-refractivity contribution in [2.24, 2.45) is 5.92 Å². The summed E-state index contributed by atoms with van der Waals surface area (Å²) in [6, 6.07) is 19.7. The van der Waals surface area contributed by atoms with Gasteiger partial charge in [-0.25, -0.2) is 0 Å². The number of ether oxygens (including phenoxy) is 2. The second-order valence-electron chi connectivity index (χ2n) is 8.00. The summed E-state index contributed by atoms with van der Waals surface area (Å²) >= 11 is 12.1. The molecule has 2 N–H and O–H groups in total. The fourth-order valence-corrected chi connectivity index (χ4v) is 4.15. The first-order valence-electron chi connectivity index (χ1n) is 11.2. The van der Waals surface area contributed by atoms with E-state index in [0.717, 1.165) is 17.0 Å². The number of nitrogens with zero attached hydrogens (tertiary/aromatic N) is 1. The predicted molar refractivity (Wildman–Crippen MR) is 137 cm³/mol. The van der Waals surface area contributed by atoms with Gasteiger partial charge in [0.25, 0.3) is 0 Å². The number of nitrogens with one attached hydrogen (secondary N) is 2. The standard InChI is InChI=1S/C26H25Cl2N3O4/c1-2-34-22-11-7-21(8-12-22)31-15-18(13-25(31)32)26(33)30-29-20-5-9-23(10-6-20)35-16-17-3-4-19(27)14-24(17)28/h3-12,14,18,29H,2,13,15-16H2,1H3,(H,30,33)/t18-/m0/s1. The normalized spacial score (nSPS) is 15.1. The van der Waals surface area contributed by atoms with Crippen molar-refractivity contribution < 1.29 is 19.1 Å². The van der Waals surface area contributed by atoms with Crippen LogP contribution in [0.4, 0.5) is 11.4 Å². The molecule has 9 heteroatoms. The van der Waals surface area contributed by atoms with E-state index in [4.69, 9.17) is 32.7 Å². The van der Waals surface area contributed by atoms with E-state index in [0.29, 0.717) is 41.2 Å². The summed E-state index contributed by atoms with van der Waals surface area (Å²) < 4.78 is 11.2. The summed E-state index contributed by atoms with van der Waals surface area (Å²) in [6.45, 7) is 3.11. The van der Waals surface area contributed by atoms with Crippen LogP contribution in [0.3, 0.4) is 0 Å². The Morgan fingerprint density at radius 2 is 1.69 bits per heavy atom. The van der Waals surface area contributed by atoms with Crippen LogP contribution >= 0.6 is 23.2 Å². The van der Waals surface area contributed by atoms with Crippen molar-refractivity contribution in [3.63, 3.8) is 0 Å². The highest BCUT2D eigenvalue weighted by Gasteiger charge is 2.35. The molecule has 0 unspecified atom stereocenters. The van der Waals surface area contributed by atoms with Crippen molar-refractivity contribution in [1.29, 1.82) is 0 Å². The molecule has 0 saturated carbocycles. The highest BCUT2D eigenvalue weighted by atomic mass is 35.5. The number of benzene rings is 3. The van der Waals surface area contributed by atoms with Crippen LogP contribution in [0.2, 0.25) is 10.0 Å². The van der Waals surface area contributed by atoms with E-state index < -0.39 is 5.92 Å². The fourth-order valence-electron chi connectivity index (χ4n) is 3.69. The molecular formula is C26H25Cl2N3O4. The molecular weight excluding hydrogens is 489 g/mol. The summed E-state index contributed by atoms with van der Waals surface area (Å²) in [4.78, 5) is 26.7. The first kappa shape index (κ1) is 24.7. The van der Waals surface area contributed by atoms with Crippen molar-refractivity contribution in [2.45, 2.75) is 20.0 Å². The molecule has 0 aromatic heterocycles. The Balaban J connectivity index is 1.26. The van der Waals surface area contributed by atoms with Gasteiger partial charge in [-0.1, -0.05) is 29.3 Å². The highest BCUT2D eigenvalue weighted by Crippen LogP contribution is 2.27. The zero-order chi connectivity index (χ0) is 24.8. The van der Waals surface area contributed by atoms with E-state index in [2.05, 4.69) is 10.9 Å². The molecule has 3 aromatic carbocycles. The van der Waals surface area contributed by atoms with E-state index in [1.54, 1.807) is 41.3 Å². The van der Waals surface area contributed by atoms with Gasteiger partial charge >= 0.3 is 0 Å². The molecule has 0 radical (unpaired) electrons. The number of amides is 2. The van der Waals surface area contributed by atoms with Gasteiger partial charge in [-0.15, -0.1) is 0 Å². The summed E-state index contributed by atoms with van der Waals surface area (Å²) in [5, 5.41) is 1.12. The van der Waals surface area contributed by atoms with Crippen molar-refractivity contribution >= 4 is 46.4 Å². The molecule has 3 aromatic rings.